The molecule has 2 aliphatic heterocycles. The summed E-state index contributed by atoms with van der Waals surface area (Å²) in [7, 11) is 1.57. The zero-order chi connectivity index (χ0) is 23.4. The Morgan fingerprint density at radius 3 is 2.67 bits per heavy atom. The van der Waals surface area contributed by atoms with E-state index in [0.717, 1.165) is 25.2 Å². The molecule has 2 aliphatic rings. The maximum Gasteiger partial charge on any atom is 0.295 e. The van der Waals surface area contributed by atoms with Gasteiger partial charge in [-0.2, -0.15) is 0 Å². The van der Waals surface area contributed by atoms with E-state index in [2.05, 4.69) is 9.88 Å². The lowest BCUT2D eigenvalue weighted by Gasteiger charge is -2.29. The zero-order valence-electron chi connectivity index (χ0n) is 19.0. The van der Waals surface area contributed by atoms with Crippen LogP contribution in [0, 0.1) is 6.92 Å². The third kappa shape index (κ3) is 4.77. The second-order valence-electron chi connectivity index (χ2n) is 8.27. The summed E-state index contributed by atoms with van der Waals surface area (Å²) in [5.41, 5.74) is 2.02. The Balaban J connectivity index is 1.67. The quantitative estimate of drug-likeness (QED) is 0.393. The molecule has 3 heterocycles. The minimum Gasteiger partial charge on any atom is -0.507 e. The molecular formula is C25H29N3O5. The number of ketones is 1. The first-order valence-electron chi connectivity index (χ1n) is 11.1. The molecule has 8 nitrogen and oxygen atoms in total. The number of benzene rings is 1. The Labute approximate surface area is 193 Å². The van der Waals surface area contributed by atoms with E-state index in [-0.39, 0.29) is 11.3 Å². The first-order chi connectivity index (χ1) is 16.0. The standard InChI is InChI=1S/C25H29N3O5/c1-17-15-19(32-2)6-7-20(17)23(29)21-22(18-5-3-8-26-16-18)28(25(31)24(21)30)10-4-9-27-11-13-33-14-12-27/h3,5-8,15-16,22,29H,4,9-14H2,1-2H3/b23-21+. The number of methoxy groups -OCH3 is 1. The molecular weight excluding hydrogens is 422 g/mol. The van der Waals surface area contributed by atoms with Gasteiger partial charge in [-0.25, -0.2) is 0 Å². The van der Waals surface area contributed by atoms with Crippen LogP contribution < -0.4 is 4.74 Å². The van der Waals surface area contributed by atoms with Crippen molar-refractivity contribution in [3.05, 3.63) is 65.0 Å². The molecule has 1 N–H and O–H groups in total. The molecule has 174 valence electrons. The predicted molar refractivity (Wildman–Crippen MR) is 123 cm³/mol. The number of carbonyl (C=O) groups is 2. The Kier molecular flexibility index (Phi) is 7.05. The summed E-state index contributed by atoms with van der Waals surface area (Å²) in [4.78, 5) is 34.2. The number of morpholine rings is 1. The highest BCUT2D eigenvalue weighted by Crippen LogP contribution is 2.40. The average Bonchev–Trinajstić information content (AvgIpc) is 3.10. The predicted octanol–water partition coefficient (Wildman–Crippen LogP) is 2.54. The molecule has 1 unspecified atom stereocenters. The second kappa shape index (κ2) is 10.1. The lowest BCUT2D eigenvalue weighted by molar-refractivity contribution is -0.140. The van der Waals surface area contributed by atoms with Gasteiger partial charge in [0, 0.05) is 44.1 Å². The third-order valence-corrected chi connectivity index (χ3v) is 6.21. The molecule has 33 heavy (non-hydrogen) atoms. The number of pyridine rings is 1. The number of hydrogen-bond acceptors (Lipinski definition) is 7. The lowest BCUT2D eigenvalue weighted by atomic mass is 9.94. The number of aliphatic hydroxyl groups is 1. The van der Waals surface area contributed by atoms with Gasteiger partial charge >= 0.3 is 0 Å². The second-order valence-corrected chi connectivity index (χ2v) is 8.27. The number of likely N-dealkylation sites (tertiary alicyclic amines) is 1. The number of Topliss-reactive ketones (excluding diaryl/α,β-unsaturated/α-hetero) is 1. The SMILES string of the molecule is COc1ccc(/C(O)=C2\C(=O)C(=O)N(CCCN3CCOCC3)C2c2cccnc2)c(C)c1. The van der Waals surface area contributed by atoms with Crippen LogP contribution in [0.5, 0.6) is 5.75 Å². The highest BCUT2D eigenvalue weighted by molar-refractivity contribution is 6.46. The molecule has 4 rings (SSSR count). The van der Waals surface area contributed by atoms with Crippen LogP contribution in [-0.2, 0) is 14.3 Å². The van der Waals surface area contributed by atoms with E-state index in [0.29, 0.717) is 43.1 Å². The summed E-state index contributed by atoms with van der Waals surface area (Å²) in [6.45, 7) is 6.19. The van der Waals surface area contributed by atoms with Crippen LogP contribution in [0.15, 0.2) is 48.3 Å². The third-order valence-electron chi connectivity index (χ3n) is 6.21. The molecule has 0 radical (unpaired) electrons. The van der Waals surface area contributed by atoms with E-state index in [1.165, 1.54) is 0 Å². The molecule has 2 saturated heterocycles. The van der Waals surface area contributed by atoms with E-state index in [1.807, 2.05) is 13.0 Å². The molecule has 2 aromatic rings. The number of amides is 1. The van der Waals surface area contributed by atoms with Gasteiger partial charge in [0.05, 0.1) is 31.9 Å². The highest BCUT2D eigenvalue weighted by Gasteiger charge is 2.46. The van der Waals surface area contributed by atoms with Gasteiger partial charge in [0.2, 0.25) is 0 Å². The molecule has 0 saturated carbocycles. The number of ether oxygens (including phenoxy) is 2. The molecule has 2 fully saturated rings. The highest BCUT2D eigenvalue weighted by atomic mass is 16.5. The van der Waals surface area contributed by atoms with Crippen molar-refractivity contribution in [3.63, 3.8) is 0 Å². The zero-order valence-corrected chi connectivity index (χ0v) is 19.0. The van der Waals surface area contributed by atoms with Gasteiger partial charge in [0.25, 0.3) is 11.7 Å². The molecule has 1 aromatic carbocycles. The molecule has 1 amide bonds. The summed E-state index contributed by atoms with van der Waals surface area (Å²) >= 11 is 0. The van der Waals surface area contributed by atoms with Crippen LogP contribution in [0.25, 0.3) is 5.76 Å². The number of aryl methyl sites for hydroxylation is 1. The number of nitrogens with zero attached hydrogens (tertiary/aromatic N) is 3. The van der Waals surface area contributed by atoms with Crippen molar-refractivity contribution in [1.29, 1.82) is 0 Å². The van der Waals surface area contributed by atoms with Gasteiger partial charge in [-0.05, 0) is 48.7 Å². The molecule has 1 aromatic heterocycles. The van der Waals surface area contributed by atoms with Gasteiger partial charge in [0.1, 0.15) is 11.5 Å². The van der Waals surface area contributed by atoms with Crippen molar-refractivity contribution in [1.82, 2.24) is 14.8 Å². The van der Waals surface area contributed by atoms with E-state index in [1.54, 1.807) is 48.7 Å². The molecule has 0 bridgehead atoms. The first kappa shape index (κ1) is 22.9. The van der Waals surface area contributed by atoms with Crippen LogP contribution in [0.2, 0.25) is 0 Å². The normalized spacial score (nSPS) is 20.9. The van der Waals surface area contributed by atoms with Gasteiger partial charge in [-0.15, -0.1) is 0 Å². The number of carbonyl (C=O) groups excluding carboxylic acids is 2. The molecule has 8 heteroatoms. The topological polar surface area (TPSA) is 92.2 Å². The minimum atomic E-state index is -0.690. The number of aliphatic hydroxyl groups excluding tert-OH is 1. The van der Waals surface area contributed by atoms with Gasteiger partial charge < -0.3 is 19.5 Å². The van der Waals surface area contributed by atoms with E-state index in [4.69, 9.17) is 9.47 Å². The molecule has 0 spiro atoms. The Hall–Kier alpha value is -3.23. The van der Waals surface area contributed by atoms with Crippen molar-refractivity contribution in [2.45, 2.75) is 19.4 Å². The molecule has 0 aliphatic carbocycles. The van der Waals surface area contributed by atoms with Crippen molar-refractivity contribution < 1.29 is 24.2 Å². The minimum absolute atomic E-state index is 0.0904. The fraction of sp³-hybridized carbons (Fsp3) is 0.400. The summed E-state index contributed by atoms with van der Waals surface area (Å²) < 4.78 is 10.6. The Morgan fingerprint density at radius 2 is 2.00 bits per heavy atom. The van der Waals surface area contributed by atoms with Crippen LogP contribution in [0.1, 0.15) is 29.2 Å². The van der Waals surface area contributed by atoms with Crippen molar-refractivity contribution in [2.24, 2.45) is 0 Å². The van der Waals surface area contributed by atoms with Gasteiger partial charge in [-0.3, -0.25) is 19.5 Å². The lowest BCUT2D eigenvalue weighted by Crippen LogP contribution is -2.39. The summed E-state index contributed by atoms with van der Waals surface area (Å²) in [5, 5.41) is 11.2. The first-order valence-corrected chi connectivity index (χ1v) is 11.1. The fourth-order valence-corrected chi connectivity index (χ4v) is 4.46. The van der Waals surface area contributed by atoms with E-state index >= 15 is 0 Å². The maximum atomic E-state index is 13.1. The largest absolute Gasteiger partial charge is 0.507 e. The van der Waals surface area contributed by atoms with E-state index in [9.17, 15) is 14.7 Å². The number of aromatic nitrogens is 1. The van der Waals surface area contributed by atoms with Crippen LogP contribution in [0.3, 0.4) is 0 Å². The number of hydrogen-bond donors (Lipinski definition) is 1. The van der Waals surface area contributed by atoms with Crippen molar-refractivity contribution in [3.8, 4) is 5.75 Å². The van der Waals surface area contributed by atoms with Crippen molar-refractivity contribution in [2.75, 3.05) is 46.5 Å². The Bertz CT molecular complexity index is 1050. The number of rotatable bonds is 7. The average molecular weight is 452 g/mol. The van der Waals surface area contributed by atoms with Crippen LogP contribution in [0.4, 0.5) is 0 Å². The van der Waals surface area contributed by atoms with Gasteiger partial charge in [0.15, 0.2) is 0 Å². The summed E-state index contributed by atoms with van der Waals surface area (Å²) in [5.74, 6) is -0.809. The summed E-state index contributed by atoms with van der Waals surface area (Å²) in [6.07, 6.45) is 3.99. The fourth-order valence-electron chi connectivity index (χ4n) is 4.46. The summed E-state index contributed by atoms with van der Waals surface area (Å²) in [6, 6.07) is 8.11. The Morgan fingerprint density at radius 1 is 1.21 bits per heavy atom. The van der Waals surface area contributed by atoms with Crippen molar-refractivity contribution >= 4 is 17.4 Å². The van der Waals surface area contributed by atoms with Gasteiger partial charge in [-0.1, -0.05) is 6.07 Å². The van der Waals surface area contributed by atoms with Crippen LogP contribution >= 0.6 is 0 Å². The molecule has 1 atom stereocenters. The van der Waals surface area contributed by atoms with Crippen LogP contribution in [-0.4, -0.2) is 78.1 Å². The van der Waals surface area contributed by atoms with E-state index < -0.39 is 17.7 Å². The monoisotopic (exact) mass is 451 g/mol. The smallest absolute Gasteiger partial charge is 0.295 e. The maximum absolute atomic E-state index is 13.1.